The number of carbonyl (C=O) groups is 1. The number of rotatable bonds is 2. The van der Waals surface area contributed by atoms with Crippen molar-refractivity contribution in [1.82, 2.24) is 15.2 Å². The van der Waals surface area contributed by atoms with Crippen molar-refractivity contribution >= 4 is 28.3 Å². The van der Waals surface area contributed by atoms with Crippen LogP contribution in [0.5, 0.6) is 0 Å². The second-order valence-corrected chi connectivity index (χ2v) is 4.19. The van der Waals surface area contributed by atoms with Crippen molar-refractivity contribution in [2.24, 2.45) is 0 Å². The van der Waals surface area contributed by atoms with Gasteiger partial charge in [0.25, 0.3) is 5.91 Å². The van der Waals surface area contributed by atoms with Crippen molar-refractivity contribution in [2.45, 2.75) is 0 Å². The van der Waals surface area contributed by atoms with Crippen LogP contribution in [0.1, 0.15) is 10.5 Å². The molecule has 3 rings (SSSR count). The van der Waals surface area contributed by atoms with Crippen molar-refractivity contribution in [2.75, 3.05) is 11.1 Å². The fraction of sp³-hybridized carbons (Fsp3) is 0. The predicted octanol–water partition coefficient (Wildman–Crippen LogP) is 1.93. The summed E-state index contributed by atoms with van der Waals surface area (Å²) in [6.07, 6.45) is 1.02. The summed E-state index contributed by atoms with van der Waals surface area (Å²) in [7, 11) is 0. The number of pyridine rings is 1. The first-order chi connectivity index (χ1) is 9.63. The second-order valence-electron chi connectivity index (χ2n) is 4.19. The highest BCUT2D eigenvalue weighted by atomic mass is 19.1. The maximum absolute atomic E-state index is 12.7. The van der Waals surface area contributed by atoms with Crippen LogP contribution in [0.15, 0.2) is 36.5 Å². The van der Waals surface area contributed by atoms with E-state index in [2.05, 4.69) is 20.5 Å². The number of anilines is 2. The number of fused-ring (bicyclic) bond motifs is 1. The lowest BCUT2D eigenvalue weighted by molar-refractivity contribution is 0.102. The van der Waals surface area contributed by atoms with Gasteiger partial charge in [-0.2, -0.15) is 5.10 Å². The zero-order valence-electron chi connectivity index (χ0n) is 10.2. The average molecular weight is 271 g/mol. The Kier molecular flexibility index (Phi) is 2.79. The van der Waals surface area contributed by atoms with E-state index in [-0.39, 0.29) is 11.5 Å². The molecule has 0 aliphatic carbocycles. The van der Waals surface area contributed by atoms with E-state index in [1.54, 1.807) is 18.2 Å². The third kappa shape index (κ3) is 2.16. The number of nitrogens with one attached hydrogen (secondary N) is 2. The van der Waals surface area contributed by atoms with Crippen LogP contribution in [0.2, 0.25) is 0 Å². The van der Waals surface area contributed by atoms with Gasteiger partial charge in [-0.15, -0.1) is 0 Å². The lowest BCUT2D eigenvalue weighted by atomic mass is 10.2. The number of halogens is 1. The molecule has 0 saturated heterocycles. The van der Waals surface area contributed by atoms with E-state index in [1.165, 1.54) is 12.1 Å². The molecule has 1 aromatic carbocycles. The van der Waals surface area contributed by atoms with Gasteiger partial charge in [0.05, 0.1) is 11.7 Å². The highest BCUT2D eigenvalue weighted by molar-refractivity contribution is 6.11. The zero-order chi connectivity index (χ0) is 14.1. The van der Waals surface area contributed by atoms with Gasteiger partial charge in [-0.25, -0.2) is 9.37 Å². The van der Waals surface area contributed by atoms with E-state index < -0.39 is 11.7 Å². The van der Waals surface area contributed by atoms with Crippen LogP contribution in [-0.4, -0.2) is 21.1 Å². The highest BCUT2D eigenvalue weighted by Crippen LogP contribution is 2.19. The summed E-state index contributed by atoms with van der Waals surface area (Å²) < 4.78 is 12.7. The van der Waals surface area contributed by atoms with Crippen LogP contribution < -0.4 is 11.1 Å². The van der Waals surface area contributed by atoms with Crippen molar-refractivity contribution in [3.8, 4) is 0 Å². The standard InChI is InChI=1S/C13H10FN5O/c14-7-1-4-11(16-6-7)17-13(20)12-9-5-8(15)2-3-10(9)18-19-12/h1-6H,15H2,(H,18,19)(H,16,17,20). The molecule has 3 aromatic rings. The Morgan fingerprint density at radius 3 is 2.90 bits per heavy atom. The molecular weight excluding hydrogens is 261 g/mol. The lowest BCUT2D eigenvalue weighted by Gasteiger charge is -2.02. The lowest BCUT2D eigenvalue weighted by Crippen LogP contribution is -2.13. The number of aromatic amines is 1. The van der Waals surface area contributed by atoms with Crippen LogP contribution in [0.3, 0.4) is 0 Å². The molecule has 0 atom stereocenters. The quantitative estimate of drug-likeness (QED) is 0.620. The summed E-state index contributed by atoms with van der Waals surface area (Å²) >= 11 is 0. The first-order valence-electron chi connectivity index (χ1n) is 5.80. The Labute approximate surface area is 112 Å². The predicted molar refractivity (Wildman–Crippen MR) is 72.7 cm³/mol. The molecule has 2 aromatic heterocycles. The molecule has 0 radical (unpaired) electrons. The number of nitrogen functional groups attached to an aromatic ring is 1. The minimum absolute atomic E-state index is 0.207. The van der Waals surface area contributed by atoms with Crippen LogP contribution >= 0.6 is 0 Å². The molecular formula is C13H10FN5O. The van der Waals surface area contributed by atoms with Crippen LogP contribution in [0.25, 0.3) is 10.9 Å². The van der Waals surface area contributed by atoms with Gasteiger partial charge in [0, 0.05) is 11.1 Å². The summed E-state index contributed by atoms with van der Waals surface area (Å²) in [6.45, 7) is 0. The molecule has 0 aliphatic rings. The molecule has 0 unspecified atom stereocenters. The minimum Gasteiger partial charge on any atom is -0.399 e. The molecule has 1 amide bonds. The number of amides is 1. The van der Waals surface area contributed by atoms with Gasteiger partial charge in [-0.3, -0.25) is 9.89 Å². The van der Waals surface area contributed by atoms with E-state index in [9.17, 15) is 9.18 Å². The first kappa shape index (κ1) is 12.1. The molecule has 7 heteroatoms. The molecule has 4 N–H and O–H groups in total. The molecule has 0 spiro atoms. The summed E-state index contributed by atoms with van der Waals surface area (Å²) in [4.78, 5) is 15.9. The number of hydrogen-bond donors (Lipinski definition) is 3. The number of nitrogens with zero attached hydrogens (tertiary/aromatic N) is 2. The van der Waals surface area contributed by atoms with E-state index in [4.69, 9.17) is 5.73 Å². The first-order valence-corrected chi connectivity index (χ1v) is 5.80. The number of carbonyl (C=O) groups excluding carboxylic acids is 1. The average Bonchev–Trinajstić information content (AvgIpc) is 2.84. The minimum atomic E-state index is -0.471. The van der Waals surface area contributed by atoms with Crippen molar-refractivity contribution in [3.63, 3.8) is 0 Å². The van der Waals surface area contributed by atoms with E-state index in [1.807, 2.05) is 0 Å². The molecule has 6 nitrogen and oxygen atoms in total. The van der Waals surface area contributed by atoms with Gasteiger partial charge < -0.3 is 11.1 Å². The fourth-order valence-electron chi connectivity index (χ4n) is 1.83. The Morgan fingerprint density at radius 1 is 1.30 bits per heavy atom. The summed E-state index contributed by atoms with van der Waals surface area (Å²) in [6, 6.07) is 7.69. The van der Waals surface area contributed by atoms with E-state index in [0.717, 1.165) is 6.20 Å². The molecule has 0 aliphatic heterocycles. The van der Waals surface area contributed by atoms with Gasteiger partial charge in [0.1, 0.15) is 11.6 Å². The Morgan fingerprint density at radius 2 is 2.15 bits per heavy atom. The third-order valence-corrected chi connectivity index (χ3v) is 2.77. The zero-order valence-corrected chi connectivity index (χ0v) is 10.2. The van der Waals surface area contributed by atoms with Gasteiger partial charge in [-0.1, -0.05) is 0 Å². The Hall–Kier alpha value is -2.96. The number of aromatic nitrogens is 3. The molecule has 100 valence electrons. The smallest absolute Gasteiger partial charge is 0.277 e. The maximum atomic E-state index is 12.7. The maximum Gasteiger partial charge on any atom is 0.277 e. The van der Waals surface area contributed by atoms with Crippen molar-refractivity contribution in [3.05, 3.63) is 48.0 Å². The summed E-state index contributed by atoms with van der Waals surface area (Å²) in [5, 5.41) is 9.86. The molecule has 2 heterocycles. The Bertz CT molecular complexity index is 781. The van der Waals surface area contributed by atoms with Crippen molar-refractivity contribution in [1.29, 1.82) is 0 Å². The number of H-pyrrole nitrogens is 1. The van der Waals surface area contributed by atoms with Crippen LogP contribution in [-0.2, 0) is 0 Å². The highest BCUT2D eigenvalue weighted by Gasteiger charge is 2.14. The Balaban J connectivity index is 1.92. The number of hydrogen-bond acceptors (Lipinski definition) is 4. The number of nitrogens with two attached hydrogens (primary N) is 1. The molecule has 0 fully saturated rings. The van der Waals surface area contributed by atoms with E-state index in [0.29, 0.717) is 16.6 Å². The normalized spacial score (nSPS) is 10.7. The van der Waals surface area contributed by atoms with Crippen LogP contribution in [0.4, 0.5) is 15.9 Å². The SMILES string of the molecule is Nc1ccc2[nH]nc(C(=O)Nc3ccc(F)cn3)c2c1. The largest absolute Gasteiger partial charge is 0.399 e. The molecule has 0 saturated carbocycles. The molecule has 20 heavy (non-hydrogen) atoms. The van der Waals surface area contributed by atoms with Gasteiger partial charge >= 0.3 is 0 Å². The molecule has 0 bridgehead atoms. The second kappa shape index (κ2) is 4.61. The summed E-state index contributed by atoms with van der Waals surface area (Å²) in [5.41, 5.74) is 7.14. The monoisotopic (exact) mass is 271 g/mol. The van der Waals surface area contributed by atoms with E-state index >= 15 is 0 Å². The third-order valence-electron chi connectivity index (χ3n) is 2.77. The van der Waals surface area contributed by atoms with Crippen molar-refractivity contribution < 1.29 is 9.18 Å². The number of benzene rings is 1. The topological polar surface area (TPSA) is 96.7 Å². The van der Waals surface area contributed by atoms with Crippen LogP contribution in [0, 0.1) is 5.82 Å². The van der Waals surface area contributed by atoms with Gasteiger partial charge in [-0.05, 0) is 30.3 Å². The fourth-order valence-corrected chi connectivity index (χ4v) is 1.83. The summed E-state index contributed by atoms with van der Waals surface area (Å²) in [5.74, 6) is -0.668. The van der Waals surface area contributed by atoms with Gasteiger partial charge in [0.15, 0.2) is 5.69 Å². The van der Waals surface area contributed by atoms with Gasteiger partial charge in [0.2, 0.25) is 0 Å².